The minimum Gasteiger partial charge on any atom is -0.493 e. The Bertz CT molecular complexity index is 873. The van der Waals surface area contributed by atoms with Gasteiger partial charge >= 0.3 is 5.97 Å². The average Bonchev–Trinajstić information content (AvgIpc) is 3.02. The van der Waals surface area contributed by atoms with E-state index in [-0.39, 0.29) is 6.42 Å². The lowest BCUT2D eigenvalue weighted by Crippen LogP contribution is -2.04. The van der Waals surface area contributed by atoms with Gasteiger partial charge in [-0.3, -0.25) is 4.79 Å². The van der Waals surface area contributed by atoms with Crippen LogP contribution in [-0.4, -0.2) is 34.7 Å². The van der Waals surface area contributed by atoms with E-state index in [1.54, 1.807) is 0 Å². The summed E-state index contributed by atoms with van der Waals surface area (Å²) in [6.07, 6.45) is 3.20. The molecule has 3 aromatic rings. The van der Waals surface area contributed by atoms with Gasteiger partial charge in [0.25, 0.3) is 0 Å². The van der Waals surface area contributed by atoms with Gasteiger partial charge in [-0.1, -0.05) is 6.07 Å². The van der Waals surface area contributed by atoms with Crippen LogP contribution in [0.25, 0.3) is 10.9 Å². The summed E-state index contributed by atoms with van der Waals surface area (Å²) in [7, 11) is 1.84. The maximum Gasteiger partial charge on any atom is 0.303 e. The molecule has 0 radical (unpaired) electrons. The van der Waals surface area contributed by atoms with Crippen molar-refractivity contribution in [2.24, 2.45) is 0 Å². The third-order valence-corrected chi connectivity index (χ3v) is 4.04. The lowest BCUT2D eigenvalue weighted by molar-refractivity contribution is -0.136. The predicted molar refractivity (Wildman–Crippen MR) is 97.2 cm³/mol. The molecule has 6 heteroatoms. The molecule has 6 nitrogen and oxygen atoms in total. The van der Waals surface area contributed by atoms with E-state index in [1.807, 2.05) is 49.6 Å². The highest BCUT2D eigenvalue weighted by Crippen LogP contribution is 2.25. The van der Waals surface area contributed by atoms with Crippen molar-refractivity contribution in [2.45, 2.75) is 19.3 Å². The van der Waals surface area contributed by atoms with E-state index in [9.17, 15) is 4.79 Å². The summed E-state index contributed by atoms with van der Waals surface area (Å²) >= 11 is 0. The van der Waals surface area contributed by atoms with E-state index in [2.05, 4.69) is 15.3 Å². The van der Waals surface area contributed by atoms with E-state index in [0.717, 1.165) is 33.7 Å². The molecule has 0 saturated carbocycles. The zero-order valence-corrected chi connectivity index (χ0v) is 14.1. The molecular weight excluding hydrogens is 318 g/mol. The molecule has 2 aromatic heterocycles. The number of aromatic amines is 1. The van der Waals surface area contributed by atoms with Crippen molar-refractivity contribution >= 4 is 22.7 Å². The van der Waals surface area contributed by atoms with Crippen LogP contribution in [0.5, 0.6) is 5.75 Å². The maximum atomic E-state index is 10.8. The average molecular weight is 339 g/mol. The van der Waals surface area contributed by atoms with Crippen molar-refractivity contribution in [1.29, 1.82) is 0 Å². The molecule has 130 valence electrons. The van der Waals surface area contributed by atoms with Crippen LogP contribution in [0.15, 0.2) is 42.6 Å². The fraction of sp³-hybridized carbons (Fsp3) is 0.263. The first-order chi connectivity index (χ1) is 12.2. The van der Waals surface area contributed by atoms with Gasteiger partial charge in [0.2, 0.25) is 0 Å². The first-order valence-corrected chi connectivity index (χ1v) is 8.24. The zero-order valence-electron chi connectivity index (χ0n) is 14.1. The topological polar surface area (TPSA) is 87.2 Å². The molecule has 0 aliphatic carbocycles. The third kappa shape index (κ3) is 4.29. The van der Waals surface area contributed by atoms with Crippen LogP contribution in [0.3, 0.4) is 0 Å². The molecule has 0 spiro atoms. The second-order valence-corrected chi connectivity index (χ2v) is 5.78. The van der Waals surface area contributed by atoms with E-state index in [1.165, 1.54) is 0 Å². The fourth-order valence-electron chi connectivity index (χ4n) is 2.73. The Morgan fingerprint density at radius 2 is 2.16 bits per heavy atom. The second-order valence-electron chi connectivity index (χ2n) is 5.78. The molecule has 25 heavy (non-hydrogen) atoms. The third-order valence-electron chi connectivity index (χ3n) is 4.04. The summed E-state index contributed by atoms with van der Waals surface area (Å²) in [5, 5.41) is 12.9. The summed E-state index contributed by atoms with van der Waals surface area (Å²) in [6, 6.07) is 11.7. The number of hydrogen-bond acceptors (Lipinski definition) is 4. The number of aliphatic carboxylic acids is 1. The Hall–Kier alpha value is -3.02. The first-order valence-electron chi connectivity index (χ1n) is 8.24. The number of carboxylic acid groups (broad SMARTS) is 1. The molecule has 0 amide bonds. The minimum atomic E-state index is -0.793. The van der Waals surface area contributed by atoms with Gasteiger partial charge in [-0.15, -0.1) is 0 Å². The molecule has 0 aliphatic heterocycles. The molecule has 0 fully saturated rings. The first kappa shape index (κ1) is 16.8. The van der Waals surface area contributed by atoms with Gasteiger partial charge in [0, 0.05) is 42.7 Å². The van der Waals surface area contributed by atoms with Crippen LogP contribution < -0.4 is 10.1 Å². The molecule has 0 bridgehead atoms. The SMILES string of the molecule is CNc1cccc(CCOc2ccc3[nH]cc(CCC(=O)O)c3c2)n1. The number of aryl methyl sites for hydroxylation is 1. The molecule has 1 aromatic carbocycles. The normalized spacial score (nSPS) is 10.8. The molecule has 0 atom stereocenters. The minimum absolute atomic E-state index is 0.117. The van der Waals surface area contributed by atoms with Crippen molar-refractivity contribution in [3.05, 3.63) is 53.9 Å². The highest BCUT2D eigenvalue weighted by molar-refractivity contribution is 5.85. The lowest BCUT2D eigenvalue weighted by Gasteiger charge is -2.08. The van der Waals surface area contributed by atoms with Crippen molar-refractivity contribution in [2.75, 3.05) is 19.0 Å². The Kier molecular flexibility index (Phi) is 5.18. The number of fused-ring (bicyclic) bond motifs is 1. The van der Waals surface area contributed by atoms with Gasteiger partial charge in [0.05, 0.1) is 6.61 Å². The van der Waals surface area contributed by atoms with Crippen LogP contribution >= 0.6 is 0 Å². The molecule has 0 aliphatic rings. The van der Waals surface area contributed by atoms with Crippen molar-refractivity contribution in [3.63, 3.8) is 0 Å². The van der Waals surface area contributed by atoms with E-state index < -0.39 is 5.97 Å². The van der Waals surface area contributed by atoms with Gasteiger partial charge in [0.1, 0.15) is 11.6 Å². The van der Waals surface area contributed by atoms with Gasteiger partial charge in [-0.05, 0) is 42.3 Å². The predicted octanol–water partition coefficient (Wildman–Crippen LogP) is 3.24. The number of anilines is 1. The molecule has 0 saturated heterocycles. The number of nitrogens with one attached hydrogen (secondary N) is 2. The van der Waals surface area contributed by atoms with Gasteiger partial charge in [-0.25, -0.2) is 4.98 Å². The number of benzene rings is 1. The number of ether oxygens (including phenoxy) is 1. The standard InChI is InChI=1S/C19H21N3O3/c1-20-18-4-2-3-14(22-18)9-10-25-15-6-7-17-16(11-15)13(12-21-17)5-8-19(23)24/h2-4,6-7,11-12,21H,5,8-10H2,1H3,(H,20,22)(H,23,24). The van der Waals surface area contributed by atoms with Gasteiger partial charge < -0.3 is 20.1 Å². The van der Waals surface area contributed by atoms with E-state index in [4.69, 9.17) is 9.84 Å². The summed E-state index contributed by atoms with van der Waals surface area (Å²) < 4.78 is 5.85. The highest BCUT2D eigenvalue weighted by atomic mass is 16.5. The van der Waals surface area contributed by atoms with Crippen molar-refractivity contribution in [1.82, 2.24) is 9.97 Å². The Labute approximate surface area is 145 Å². The monoisotopic (exact) mass is 339 g/mol. The summed E-state index contributed by atoms with van der Waals surface area (Å²) in [5.74, 6) is 0.820. The molecular formula is C19H21N3O3. The van der Waals surface area contributed by atoms with Crippen molar-refractivity contribution in [3.8, 4) is 5.75 Å². The Morgan fingerprint density at radius 3 is 2.96 bits per heavy atom. The van der Waals surface area contributed by atoms with Crippen LogP contribution in [0.1, 0.15) is 17.7 Å². The van der Waals surface area contributed by atoms with Crippen LogP contribution in [0.2, 0.25) is 0 Å². The summed E-state index contributed by atoms with van der Waals surface area (Å²) in [5.41, 5.74) is 2.94. The summed E-state index contributed by atoms with van der Waals surface area (Å²) in [6.45, 7) is 0.528. The maximum absolute atomic E-state index is 10.8. The number of carbonyl (C=O) groups is 1. The number of rotatable bonds is 8. The van der Waals surface area contributed by atoms with E-state index >= 15 is 0 Å². The van der Waals surface area contributed by atoms with Gasteiger partial charge in [-0.2, -0.15) is 0 Å². The van der Waals surface area contributed by atoms with Crippen LogP contribution in [-0.2, 0) is 17.6 Å². The number of nitrogens with zero attached hydrogens (tertiary/aromatic N) is 1. The molecule has 0 unspecified atom stereocenters. The number of pyridine rings is 1. The summed E-state index contributed by atoms with van der Waals surface area (Å²) in [4.78, 5) is 18.4. The smallest absolute Gasteiger partial charge is 0.303 e. The number of H-pyrrole nitrogens is 1. The Balaban J connectivity index is 1.64. The van der Waals surface area contributed by atoms with E-state index in [0.29, 0.717) is 19.4 Å². The lowest BCUT2D eigenvalue weighted by atomic mass is 10.1. The molecule has 2 heterocycles. The number of aromatic nitrogens is 2. The zero-order chi connectivity index (χ0) is 17.6. The second kappa shape index (κ2) is 7.70. The van der Waals surface area contributed by atoms with Crippen LogP contribution in [0.4, 0.5) is 5.82 Å². The fourth-order valence-corrected chi connectivity index (χ4v) is 2.73. The van der Waals surface area contributed by atoms with Crippen LogP contribution in [0, 0.1) is 0 Å². The van der Waals surface area contributed by atoms with Gasteiger partial charge in [0.15, 0.2) is 0 Å². The quantitative estimate of drug-likeness (QED) is 0.586. The highest BCUT2D eigenvalue weighted by Gasteiger charge is 2.07. The molecule has 3 rings (SSSR count). The molecule has 3 N–H and O–H groups in total. The Morgan fingerprint density at radius 1 is 1.28 bits per heavy atom. The number of hydrogen-bond donors (Lipinski definition) is 3. The number of carboxylic acids is 1. The van der Waals surface area contributed by atoms with Crippen molar-refractivity contribution < 1.29 is 14.6 Å². The largest absolute Gasteiger partial charge is 0.493 e.